The molecule has 0 fully saturated rings. The predicted molar refractivity (Wildman–Crippen MR) is 108 cm³/mol. The van der Waals surface area contributed by atoms with Gasteiger partial charge < -0.3 is 10.6 Å². The van der Waals surface area contributed by atoms with Crippen molar-refractivity contribution in [1.29, 1.82) is 0 Å². The molecule has 0 aliphatic rings. The van der Waals surface area contributed by atoms with Gasteiger partial charge in [-0.2, -0.15) is 20.2 Å². The monoisotopic (exact) mass is 374 g/mol. The van der Waals surface area contributed by atoms with Gasteiger partial charge in [0.15, 0.2) is 5.65 Å². The summed E-state index contributed by atoms with van der Waals surface area (Å²) in [5.41, 5.74) is 3.39. The van der Waals surface area contributed by atoms with E-state index in [1.54, 1.807) is 12.4 Å². The van der Waals surface area contributed by atoms with Gasteiger partial charge in [-0.25, -0.2) is 0 Å². The lowest BCUT2D eigenvalue weighted by molar-refractivity contribution is 1.09. The summed E-state index contributed by atoms with van der Waals surface area (Å²) < 4.78 is 0. The summed E-state index contributed by atoms with van der Waals surface area (Å²) in [6, 6.07) is 13.6. The van der Waals surface area contributed by atoms with E-state index >= 15 is 0 Å². The fraction of sp³-hybridized carbons (Fsp3) is 0. The number of H-pyrrole nitrogens is 2. The highest BCUT2D eigenvalue weighted by Gasteiger charge is 2.11. The standard InChI is InChI=1S/C18H14N8S/c27-13-4-1-11(2-5-13)21-16-14-9-20-26-17(14)24-18(23-16)22-12-3-6-15-10(7-12)8-19-25-15/h1-9,27H,(H,19,25)(H3,20,21,22,23,24,26). The molecule has 0 aliphatic heterocycles. The van der Waals surface area contributed by atoms with Gasteiger partial charge in [0.05, 0.1) is 23.3 Å². The second-order valence-electron chi connectivity index (χ2n) is 6.00. The lowest BCUT2D eigenvalue weighted by Gasteiger charge is -2.10. The van der Waals surface area contributed by atoms with Crippen molar-refractivity contribution in [2.75, 3.05) is 10.6 Å². The number of aromatic nitrogens is 6. The largest absolute Gasteiger partial charge is 0.339 e. The number of anilines is 4. The van der Waals surface area contributed by atoms with Crippen molar-refractivity contribution in [3.8, 4) is 0 Å². The zero-order valence-corrected chi connectivity index (χ0v) is 14.8. The number of nitrogens with one attached hydrogen (secondary N) is 4. The minimum absolute atomic E-state index is 0.461. The van der Waals surface area contributed by atoms with Crippen LogP contribution in [0.15, 0.2) is 59.8 Å². The Bertz CT molecular complexity index is 1240. The fourth-order valence-corrected chi connectivity index (χ4v) is 2.97. The molecule has 8 nitrogen and oxygen atoms in total. The second kappa shape index (κ2) is 6.29. The first kappa shape index (κ1) is 15.6. The zero-order chi connectivity index (χ0) is 18.2. The van der Waals surface area contributed by atoms with E-state index in [0.717, 1.165) is 32.6 Å². The van der Waals surface area contributed by atoms with E-state index in [2.05, 4.69) is 53.6 Å². The van der Waals surface area contributed by atoms with Crippen molar-refractivity contribution in [2.24, 2.45) is 0 Å². The number of rotatable bonds is 4. The Kier molecular flexibility index (Phi) is 3.65. The molecule has 3 aromatic heterocycles. The van der Waals surface area contributed by atoms with Crippen LogP contribution >= 0.6 is 12.6 Å². The Balaban J connectivity index is 1.51. The van der Waals surface area contributed by atoms with Crippen LogP contribution in [0.1, 0.15) is 0 Å². The molecule has 4 N–H and O–H groups in total. The van der Waals surface area contributed by atoms with Crippen molar-refractivity contribution in [3.63, 3.8) is 0 Å². The van der Waals surface area contributed by atoms with Gasteiger partial charge in [-0.3, -0.25) is 10.2 Å². The molecule has 5 rings (SSSR count). The zero-order valence-electron chi connectivity index (χ0n) is 13.9. The predicted octanol–water partition coefficient (Wildman–Crippen LogP) is 4.01. The van der Waals surface area contributed by atoms with Crippen LogP contribution < -0.4 is 10.6 Å². The van der Waals surface area contributed by atoms with Crippen LogP contribution in [0.25, 0.3) is 21.9 Å². The normalized spacial score (nSPS) is 11.1. The molecule has 27 heavy (non-hydrogen) atoms. The Morgan fingerprint density at radius 3 is 2.52 bits per heavy atom. The third-order valence-electron chi connectivity index (χ3n) is 4.14. The van der Waals surface area contributed by atoms with Crippen LogP contribution in [0.5, 0.6) is 0 Å². The van der Waals surface area contributed by atoms with Gasteiger partial charge >= 0.3 is 0 Å². The van der Waals surface area contributed by atoms with Crippen LogP contribution in [0.2, 0.25) is 0 Å². The average Bonchev–Trinajstić information content (AvgIpc) is 3.32. The Labute approximate surface area is 158 Å². The molecule has 0 saturated heterocycles. The maximum Gasteiger partial charge on any atom is 0.231 e. The van der Waals surface area contributed by atoms with E-state index in [4.69, 9.17) is 0 Å². The van der Waals surface area contributed by atoms with Crippen molar-refractivity contribution >= 4 is 57.7 Å². The molecular weight excluding hydrogens is 360 g/mol. The molecule has 0 spiro atoms. The van der Waals surface area contributed by atoms with Gasteiger partial charge in [0.1, 0.15) is 5.82 Å². The van der Waals surface area contributed by atoms with Gasteiger partial charge in [-0.1, -0.05) is 0 Å². The molecular formula is C18H14N8S. The number of hydrogen-bond acceptors (Lipinski definition) is 7. The molecule has 9 heteroatoms. The third-order valence-corrected chi connectivity index (χ3v) is 4.43. The molecule has 0 aliphatic carbocycles. The van der Waals surface area contributed by atoms with Crippen LogP contribution in [0.3, 0.4) is 0 Å². The minimum Gasteiger partial charge on any atom is -0.339 e. The lowest BCUT2D eigenvalue weighted by Crippen LogP contribution is -2.01. The van der Waals surface area contributed by atoms with Gasteiger partial charge in [-0.15, -0.1) is 12.6 Å². The Morgan fingerprint density at radius 2 is 1.63 bits per heavy atom. The Morgan fingerprint density at radius 1 is 0.815 bits per heavy atom. The van der Waals surface area contributed by atoms with Crippen molar-refractivity contribution in [1.82, 2.24) is 30.4 Å². The maximum absolute atomic E-state index is 4.62. The molecule has 132 valence electrons. The van der Waals surface area contributed by atoms with E-state index in [9.17, 15) is 0 Å². The molecule has 5 aromatic rings. The molecule has 2 aromatic carbocycles. The minimum atomic E-state index is 0.461. The molecule has 0 amide bonds. The number of benzene rings is 2. The first-order valence-electron chi connectivity index (χ1n) is 8.22. The van der Waals surface area contributed by atoms with Crippen LogP contribution in [0, 0.1) is 0 Å². The topological polar surface area (TPSA) is 107 Å². The molecule has 0 saturated carbocycles. The Hall–Kier alpha value is -3.59. The van der Waals surface area contributed by atoms with Crippen molar-refractivity contribution in [2.45, 2.75) is 4.90 Å². The summed E-state index contributed by atoms with van der Waals surface area (Å²) in [4.78, 5) is 10.0. The summed E-state index contributed by atoms with van der Waals surface area (Å²) in [5, 5.41) is 22.3. The third kappa shape index (κ3) is 3.04. The van der Waals surface area contributed by atoms with Crippen LogP contribution in [0.4, 0.5) is 23.1 Å². The highest BCUT2D eigenvalue weighted by atomic mass is 32.1. The van der Waals surface area contributed by atoms with Crippen LogP contribution in [-0.4, -0.2) is 30.4 Å². The number of hydrogen-bond donors (Lipinski definition) is 5. The van der Waals surface area contributed by atoms with Gasteiger partial charge in [0.2, 0.25) is 5.95 Å². The smallest absolute Gasteiger partial charge is 0.231 e. The first-order valence-corrected chi connectivity index (χ1v) is 8.67. The van der Waals surface area contributed by atoms with E-state index in [0.29, 0.717) is 17.4 Å². The number of thiol groups is 1. The summed E-state index contributed by atoms with van der Waals surface area (Å²) in [6.45, 7) is 0. The van der Waals surface area contributed by atoms with E-state index < -0.39 is 0 Å². The molecule has 0 radical (unpaired) electrons. The quantitative estimate of drug-likeness (QED) is 0.304. The summed E-state index contributed by atoms with van der Waals surface area (Å²) >= 11 is 4.31. The number of fused-ring (bicyclic) bond motifs is 2. The van der Waals surface area contributed by atoms with Gasteiger partial charge in [-0.05, 0) is 42.5 Å². The summed E-state index contributed by atoms with van der Waals surface area (Å²) in [6.07, 6.45) is 3.48. The molecule has 3 heterocycles. The summed E-state index contributed by atoms with van der Waals surface area (Å²) in [7, 11) is 0. The van der Waals surface area contributed by atoms with Crippen LogP contribution in [-0.2, 0) is 0 Å². The molecule has 0 bridgehead atoms. The average molecular weight is 374 g/mol. The number of nitrogens with zero attached hydrogens (tertiary/aromatic N) is 4. The van der Waals surface area contributed by atoms with Crippen molar-refractivity contribution in [3.05, 3.63) is 54.9 Å². The fourth-order valence-electron chi connectivity index (χ4n) is 2.82. The second-order valence-corrected chi connectivity index (χ2v) is 6.51. The highest BCUT2D eigenvalue weighted by molar-refractivity contribution is 7.80. The van der Waals surface area contributed by atoms with E-state index in [1.807, 2.05) is 42.5 Å². The highest BCUT2D eigenvalue weighted by Crippen LogP contribution is 2.26. The molecule has 0 atom stereocenters. The molecule has 0 unspecified atom stereocenters. The van der Waals surface area contributed by atoms with E-state index in [-0.39, 0.29) is 0 Å². The van der Waals surface area contributed by atoms with E-state index in [1.165, 1.54) is 0 Å². The summed E-state index contributed by atoms with van der Waals surface area (Å²) in [5.74, 6) is 1.12. The van der Waals surface area contributed by atoms with Crippen molar-refractivity contribution < 1.29 is 0 Å². The van der Waals surface area contributed by atoms with Gasteiger partial charge in [0, 0.05) is 21.7 Å². The first-order chi connectivity index (χ1) is 13.2. The maximum atomic E-state index is 4.62. The SMILES string of the molecule is Sc1ccc(Nc2nc(Nc3ccc4[nH]ncc4c3)nc3[nH]ncc23)cc1. The number of aromatic amines is 2. The van der Waals surface area contributed by atoms with Gasteiger partial charge in [0.25, 0.3) is 0 Å². The lowest BCUT2D eigenvalue weighted by atomic mass is 10.2.